The summed E-state index contributed by atoms with van der Waals surface area (Å²) in [7, 11) is 2.81. The Morgan fingerprint density at radius 1 is 0.476 bits per heavy atom. The van der Waals surface area contributed by atoms with Crippen molar-refractivity contribution in [1.82, 2.24) is 0 Å². The zero-order valence-corrected chi connectivity index (χ0v) is 52.0. The molecule has 0 bridgehead atoms. The third kappa shape index (κ3) is 12.3. The number of carbonyl (C=O) groups is 8. The summed E-state index contributed by atoms with van der Waals surface area (Å²) in [4.78, 5) is 103. The van der Waals surface area contributed by atoms with E-state index >= 15 is 0 Å². The Hall–Kier alpha value is -5.42. The average Bonchev–Trinajstić information content (AvgIpc) is 1.33. The number of benzene rings is 1. The molecule has 2 amide bonds. The second kappa shape index (κ2) is 25.1. The molecular formula is C66H96N2O16. The molecule has 18 nitrogen and oxygen atoms in total. The highest BCUT2D eigenvalue weighted by Crippen LogP contribution is 2.71. The van der Waals surface area contributed by atoms with E-state index in [1.807, 2.05) is 0 Å². The highest BCUT2D eigenvalue weighted by molar-refractivity contribution is 5.87. The minimum Gasteiger partial charge on any atom is -0.469 e. The van der Waals surface area contributed by atoms with Crippen LogP contribution in [0.3, 0.4) is 0 Å². The van der Waals surface area contributed by atoms with Crippen molar-refractivity contribution in [2.24, 2.45) is 92.7 Å². The Balaban J connectivity index is 0.801. The van der Waals surface area contributed by atoms with E-state index in [1.54, 1.807) is 24.3 Å². The van der Waals surface area contributed by atoms with Crippen LogP contribution in [0.4, 0.5) is 21.0 Å². The first kappa shape index (κ1) is 63.1. The number of esters is 6. The zero-order chi connectivity index (χ0) is 60.8. The second-order valence-electron chi connectivity index (χ2n) is 28.1. The molecule has 0 aromatic heterocycles. The molecule has 0 heterocycles. The molecule has 8 aliphatic rings. The number of nitrogens with one attached hydrogen (secondary N) is 2. The van der Waals surface area contributed by atoms with E-state index in [0.717, 1.165) is 38.5 Å². The molecule has 8 aliphatic carbocycles. The van der Waals surface area contributed by atoms with Crippen molar-refractivity contribution in [2.45, 2.75) is 221 Å². The molecule has 0 aliphatic heterocycles. The number of amides is 2. The highest BCUT2D eigenvalue weighted by Gasteiger charge is 2.70. The maximum atomic E-state index is 13.6. The van der Waals surface area contributed by atoms with Crippen LogP contribution in [0.1, 0.15) is 185 Å². The molecular weight excluding hydrogens is 1080 g/mol. The molecule has 2 N–H and O–H groups in total. The lowest BCUT2D eigenvalue weighted by molar-refractivity contribution is -0.224. The summed E-state index contributed by atoms with van der Waals surface area (Å²) in [6.07, 6.45) is 8.94. The van der Waals surface area contributed by atoms with Crippen molar-refractivity contribution in [1.29, 1.82) is 0 Å². The monoisotopic (exact) mass is 1170 g/mol. The van der Waals surface area contributed by atoms with Crippen molar-refractivity contribution in [2.75, 3.05) is 24.9 Å². The van der Waals surface area contributed by atoms with E-state index in [0.29, 0.717) is 88.4 Å². The lowest BCUT2D eigenvalue weighted by Gasteiger charge is -2.64. The third-order valence-electron chi connectivity index (χ3n) is 24.1. The number of ether oxygens (including phenoxy) is 8. The van der Waals surface area contributed by atoms with Crippen LogP contribution in [0.5, 0.6) is 0 Å². The van der Waals surface area contributed by atoms with Gasteiger partial charge in [-0.25, -0.2) is 9.59 Å². The van der Waals surface area contributed by atoms with Crippen LogP contribution in [-0.2, 0) is 66.7 Å². The standard InChI is InChI=1S/C66H96N2O16/c1-35(13-23-57(73)77-11)47-19-21-49-59-51(33-55(65(47,49)9)81-39(5)71)63(7)27-25-45(29-41(63)31-53(59)79-37(3)69)83-61(75)67-43-15-17-44(18-16-43)68-62(76)84-46-26-28-64(8)42(30-46)32-54(80-38(4)70)60-50-22-20-48(36(2)14-24-58(74)78-12)66(50,10)56(34-52(60)64)82-40(6)72/h15-18,35-36,41-42,45-56,59-60H,13-14,19-34H2,1-12H3,(H,67,75)(H,68,76)/t35-,36-,41+,42+,45-,46-,47-,48-,49+,50+,51+,52+,53-,54-,55+,56+,59+,60+,63+,64+,65-,66-/m1/s1. The van der Waals surface area contributed by atoms with Gasteiger partial charge >= 0.3 is 48.0 Å². The van der Waals surface area contributed by atoms with Gasteiger partial charge in [-0.15, -0.1) is 0 Å². The van der Waals surface area contributed by atoms with Gasteiger partial charge in [-0.1, -0.05) is 41.5 Å². The van der Waals surface area contributed by atoms with Crippen LogP contribution in [0.15, 0.2) is 24.3 Å². The molecule has 0 radical (unpaired) electrons. The second-order valence-corrected chi connectivity index (χ2v) is 28.1. The van der Waals surface area contributed by atoms with E-state index in [1.165, 1.54) is 41.9 Å². The van der Waals surface area contributed by atoms with Gasteiger partial charge in [-0.3, -0.25) is 39.4 Å². The predicted molar refractivity (Wildman–Crippen MR) is 309 cm³/mol. The van der Waals surface area contributed by atoms with Gasteiger partial charge in [0.05, 0.1) is 14.2 Å². The number of carbonyl (C=O) groups excluding carboxylic acids is 8. The minimum atomic E-state index is -0.594. The molecule has 1 aromatic rings. The van der Waals surface area contributed by atoms with Gasteiger partial charge < -0.3 is 37.9 Å². The fourth-order valence-corrected chi connectivity index (χ4v) is 20.3. The molecule has 1 aromatic carbocycles. The summed E-state index contributed by atoms with van der Waals surface area (Å²) < 4.78 is 47.4. The van der Waals surface area contributed by atoms with Gasteiger partial charge in [0.25, 0.3) is 0 Å². The van der Waals surface area contributed by atoms with E-state index in [9.17, 15) is 38.4 Å². The molecule has 84 heavy (non-hydrogen) atoms. The minimum absolute atomic E-state index is 0.0602. The summed E-state index contributed by atoms with van der Waals surface area (Å²) in [5.74, 6) is -0.295. The number of hydrogen-bond donors (Lipinski definition) is 2. The molecule has 8 fully saturated rings. The topological polar surface area (TPSA) is 234 Å². The van der Waals surface area contributed by atoms with Gasteiger partial charge in [0, 0.05) is 74.6 Å². The first-order valence-corrected chi connectivity index (χ1v) is 31.6. The number of rotatable bonds is 16. The van der Waals surface area contributed by atoms with Crippen molar-refractivity contribution in [3.8, 4) is 0 Å². The third-order valence-corrected chi connectivity index (χ3v) is 24.1. The van der Waals surface area contributed by atoms with Crippen molar-refractivity contribution < 1.29 is 76.3 Å². The number of fused-ring (bicyclic) bond motifs is 10. The van der Waals surface area contributed by atoms with Crippen LogP contribution >= 0.6 is 0 Å². The van der Waals surface area contributed by atoms with Crippen LogP contribution in [0.25, 0.3) is 0 Å². The maximum Gasteiger partial charge on any atom is 0.411 e. The van der Waals surface area contributed by atoms with E-state index in [-0.39, 0.29) is 165 Å². The largest absolute Gasteiger partial charge is 0.469 e. The predicted octanol–water partition coefficient (Wildman–Crippen LogP) is 12.2. The fraction of sp³-hybridized carbons (Fsp3) is 0.788. The summed E-state index contributed by atoms with van der Waals surface area (Å²) in [6.45, 7) is 19.4. The number of hydrogen-bond acceptors (Lipinski definition) is 16. The Morgan fingerprint density at radius 2 is 0.833 bits per heavy atom. The first-order valence-electron chi connectivity index (χ1n) is 31.6. The van der Waals surface area contributed by atoms with Gasteiger partial charge in [0.2, 0.25) is 0 Å². The van der Waals surface area contributed by atoms with Crippen LogP contribution in [-0.4, -0.2) is 98.8 Å². The quantitative estimate of drug-likeness (QED) is 0.116. The van der Waals surface area contributed by atoms with Crippen molar-refractivity contribution >= 4 is 59.4 Å². The maximum absolute atomic E-state index is 13.6. The summed E-state index contributed by atoms with van der Waals surface area (Å²) >= 11 is 0. The van der Waals surface area contributed by atoms with E-state index < -0.39 is 12.2 Å². The highest BCUT2D eigenvalue weighted by atomic mass is 16.6. The number of anilines is 2. The molecule has 0 spiro atoms. The molecule has 0 unspecified atom stereocenters. The average molecular weight is 1170 g/mol. The van der Waals surface area contributed by atoms with Gasteiger partial charge in [0.15, 0.2) is 0 Å². The Labute approximate surface area is 497 Å². The summed E-state index contributed by atoms with van der Waals surface area (Å²) in [5.41, 5.74) is -0.171. The Morgan fingerprint density at radius 3 is 1.17 bits per heavy atom. The smallest absolute Gasteiger partial charge is 0.411 e. The van der Waals surface area contributed by atoms with Crippen LogP contribution in [0, 0.1) is 92.7 Å². The molecule has 22 atom stereocenters. The zero-order valence-electron chi connectivity index (χ0n) is 52.0. The van der Waals surface area contributed by atoms with Crippen molar-refractivity contribution in [3.63, 3.8) is 0 Å². The lowest BCUT2D eigenvalue weighted by atomic mass is 9.43. The fourth-order valence-electron chi connectivity index (χ4n) is 20.3. The van der Waals surface area contributed by atoms with Crippen LogP contribution in [0.2, 0.25) is 0 Å². The molecule has 9 rings (SSSR count). The summed E-state index contributed by atoms with van der Waals surface area (Å²) in [5, 5.41) is 5.74. The Bertz CT molecular complexity index is 2450. The van der Waals surface area contributed by atoms with Gasteiger partial charge in [-0.2, -0.15) is 0 Å². The molecule has 8 saturated carbocycles. The van der Waals surface area contributed by atoms with E-state index in [4.69, 9.17) is 37.9 Å². The molecule has 0 saturated heterocycles. The number of methoxy groups -OCH3 is 2. The van der Waals surface area contributed by atoms with Gasteiger partial charge in [-0.05, 0) is 197 Å². The Kier molecular flexibility index (Phi) is 18.9. The lowest BCUT2D eigenvalue weighted by Crippen LogP contribution is -2.63. The van der Waals surface area contributed by atoms with Crippen molar-refractivity contribution in [3.05, 3.63) is 24.3 Å². The summed E-state index contributed by atoms with van der Waals surface area (Å²) in [6, 6.07) is 6.77. The van der Waals surface area contributed by atoms with Crippen LogP contribution < -0.4 is 10.6 Å². The van der Waals surface area contributed by atoms with E-state index in [2.05, 4.69) is 52.2 Å². The van der Waals surface area contributed by atoms with Gasteiger partial charge in [0.1, 0.15) is 36.6 Å². The first-order chi connectivity index (χ1) is 39.7. The molecule has 466 valence electrons. The SMILES string of the molecule is COC(=O)CC[C@@H](C)[C@H]1CC[C@H]2[C@@H]3[C@H](OC(C)=O)C[C@@H]4C[C@H](OC(=O)Nc5ccc(NC(=O)O[C@@H]6CC[C@@]7(C)[C@@H](C6)C[C@@H](OC(C)=O)[C@@H]6[C@@H]7C[C@H](OC(C)=O)[C@]7(C)[C@@H]([C@H](C)CCC(=O)OC)CC[C@@H]67)cc5)CC[C@]4(C)[C@H]3C[C@H](OC(C)=O)[C@]12C. The molecule has 18 heteroatoms. The normalized spacial score (nSPS) is 39.7.